The first-order chi connectivity index (χ1) is 17.7. The summed E-state index contributed by atoms with van der Waals surface area (Å²) < 4.78 is 39.9. The van der Waals surface area contributed by atoms with Crippen molar-refractivity contribution in [2.45, 2.75) is 48.6 Å². The zero-order valence-electron chi connectivity index (χ0n) is 21.2. The highest BCUT2D eigenvalue weighted by Gasteiger charge is 2.33. The Morgan fingerprint density at radius 2 is 1.57 bits per heavy atom. The third kappa shape index (κ3) is 8.63. The van der Waals surface area contributed by atoms with E-state index >= 15 is 0 Å². The van der Waals surface area contributed by atoms with Crippen molar-refractivity contribution in [3.63, 3.8) is 0 Å². The Balaban J connectivity index is 0.000000479. The molecule has 204 valence electrons. The summed E-state index contributed by atoms with van der Waals surface area (Å²) in [6.45, 7) is 8.27. The first kappa shape index (κ1) is 29.3. The molecule has 2 aliphatic heterocycles. The molecule has 0 saturated carbocycles. The third-order valence-electron chi connectivity index (χ3n) is 6.43. The summed E-state index contributed by atoms with van der Waals surface area (Å²) in [5.41, 5.74) is 1.01. The molecule has 0 radical (unpaired) electrons. The zero-order valence-corrected chi connectivity index (χ0v) is 22.0. The van der Waals surface area contributed by atoms with Crippen molar-refractivity contribution < 1.29 is 28.2 Å². The topological polar surface area (TPSA) is 67.2 Å². The Kier molecular flexibility index (Phi) is 11.1. The number of unbranched alkanes of at least 4 members (excludes halogenated alkanes) is 1. The molecule has 1 fully saturated rings. The van der Waals surface area contributed by atoms with E-state index in [0.29, 0.717) is 25.2 Å². The fraction of sp³-hybridized carbons (Fsp3) is 0.519. The van der Waals surface area contributed by atoms with Crippen molar-refractivity contribution in [1.29, 1.82) is 0 Å². The van der Waals surface area contributed by atoms with Gasteiger partial charge in [-0.1, -0.05) is 37.2 Å². The second-order valence-corrected chi connectivity index (χ2v) is 10.2. The van der Waals surface area contributed by atoms with Crippen molar-refractivity contribution in [2.75, 3.05) is 57.3 Å². The van der Waals surface area contributed by atoms with Gasteiger partial charge < -0.3 is 20.0 Å². The van der Waals surface area contributed by atoms with Gasteiger partial charge in [0.05, 0.1) is 23.5 Å². The van der Waals surface area contributed by atoms with Gasteiger partial charge in [0, 0.05) is 55.5 Å². The molecular weight excluding hydrogens is 503 g/mol. The highest BCUT2D eigenvalue weighted by atomic mass is 32.2. The van der Waals surface area contributed by atoms with E-state index in [9.17, 15) is 18.0 Å². The lowest BCUT2D eigenvalue weighted by Gasteiger charge is -2.36. The number of carbonyl (C=O) groups is 1. The molecule has 37 heavy (non-hydrogen) atoms. The SMILES string of the molecule is CCCCC(=O)O.OCCN1CCN(CCCN2c3ccccc3Sc3ccc(C(F)(F)F)cc32)CC1. The minimum Gasteiger partial charge on any atom is -0.481 e. The number of rotatable bonds is 9. The smallest absolute Gasteiger partial charge is 0.416 e. The van der Waals surface area contributed by atoms with Crippen LogP contribution in [0.4, 0.5) is 24.5 Å². The van der Waals surface area contributed by atoms with Gasteiger partial charge in [-0.3, -0.25) is 9.69 Å². The van der Waals surface area contributed by atoms with Gasteiger partial charge in [-0.05, 0) is 49.7 Å². The van der Waals surface area contributed by atoms with E-state index in [2.05, 4.69) is 9.80 Å². The molecule has 2 N–H and O–H groups in total. The number of carboxylic acid groups (broad SMARTS) is 1. The summed E-state index contributed by atoms with van der Waals surface area (Å²) in [5, 5.41) is 17.1. The number of fused-ring (bicyclic) bond motifs is 2. The van der Waals surface area contributed by atoms with Gasteiger partial charge in [-0.25, -0.2) is 0 Å². The Morgan fingerprint density at radius 1 is 0.919 bits per heavy atom. The van der Waals surface area contributed by atoms with E-state index in [4.69, 9.17) is 10.2 Å². The number of benzene rings is 2. The molecule has 6 nitrogen and oxygen atoms in total. The molecule has 0 aliphatic carbocycles. The molecule has 1 saturated heterocycles. The van der Waals surface area contributed by atoms with E-state index in [1.807, 2.05) is 36.1 Å². The fourth-order valence-electron chi connectivity index (χ4n) is 4.40. The largest absolute Gasteiger partial charge is 0.481 e. The van der Waals surface area contributed by atoms with Crippen LogP contribution in [0.25, 0.3) is 0 Å². The molecule has 2 aromatic carbocycles. The number of β-amino-alcohol motifs (C(OH)–C–C–N with tert-alkyl or cyclic N) is 1. The van der Waals surface area contributed by atoms with Crippen LogP contribution >= 0.6 is 11.8 Å². The summed E-state index contributed by atoms with van der Waals surface area (Å²) in [5.74, 6) is -0.693. The first-order valence-corrected chi connectivity index (χ1v) is 13.6. The van der Waals surface area contributed by atoms with Crippen LogP contribution in [-0.2, 0) is 11.0 Å². The highest BCUT2D eigenvalue weighted by Crippen LogP contribution is 2.49. The number of carboxylic acids is 1. The Hall–Kier alpha value is -2.27. The number of piperazine rings is 1. The van der Waals surface area contributed by atoms with Crippen molar-refractivity contribution in [2.24, 2.45) is 0 Å². The maximum absolute atomic E-state index is 13.3. The second kappa shape index (κ2) is 14.0. The number of nitrogens with zero attached hydrogens (tertiary/aromatic N) is 3. The third-order valence-corrected chi connectivity index (χ3v) is 7.56. The van der Waals surface area contributed by atoms with E-state index in [1.54, 1.807) is 6.07 Å². The summed E-state index contributed by atoms with van der Waals surface area (Å²) in [7, 11) is 0. The van der Waals surface area contributed by atoms with E-state index in [1.165, 1.54) is 23.9 Å². The summed E-state index contributed by atoms with van der Waals surface area (Å²) >= 11 is 1.53. The number of hydrogen-bond donors (Lipinski definition) is 2. The van der Waals surface area contributed by atoms with Crippen molar-refractivity contribution in [3.8, 4) is 0 Å². The molecule has 10 heteroatoms. The van der Waals surface area contributed by atoms with Gasteiger partial charge in [0.1, 0.15) is 0 Å². The van der Waals surface area contributed by atoms with Crippen molar-refractivity contribution in [3.05, 3.63) is 48.0 Å². The number of anilines is 2. The van der Waals surface area contributed by atoms with Crippen molar-refractivity contribution >= 4 is 29.1 Å². The minimum atomic E-state index is -4.35. The standard InChI is InChI=1S/C22H26F3N3OS.C5H10O2/c23-22(24,25)17-6-7-21-19(16-17)28(18-4-1-2-5-20(18)30-21)9-3-8-26-10-12-27(13-11-26)14-15-29;1-2-3-4-5(6)7/h1-2,4-7,16,29H,3,8-15H2;2-4H2,1H3,(H,6,7). The number of halogens is 3. The van der Waals surface area contributed by atoms with Crippen molar-refractivity contribution in [1.82, 2.24) is 9.80 Å². The van der Waals surface area contributed by atoms with Gasteiger partial charge >= 0.3 is 12.1 Å². The summed E-state index contributed by atoms with van der Waals surface area (Å²) in [6, 6.07) is 11.9. The van der Waals surface area contributed by atoms with Crippen LogP contribution < -0.4 is 4.90 Å². The van der Waals surface area contributed by atoms with Gasteiger partial charge in [-0.2, -0.15) is 13.2 Å². The minimum absolute atomic E-state index is 0.186. The molecule has 0 spiro atoms. The summed E-state index contributed by atoms with van der Waals surface area (Å²) in [6.07, 6.45) is -1.40. The van der Waals surface area contributed by atoms with Gasteiger partial charge in [0.15, 0.2) is 0 Å². The summed E-state index contributed by atoms with van der Waals surface area (Å²) in [4.78, 5) is 18.4. The molecule has 2 aromatic rings. The molecular formula is C27H36F3N3O3S. The van der Waals surface area contributed by atoms with E-state index in [0.717, 1.165) is 67.5 Å². The fourth-order valence-corrected chi connectivity index (χ4v) is 5.48. The predicted octanol–water partition coefficient (Wildman–Crippen LogP) is 5.57. The maximum atomic E-state index is 13.3. The Labute approximate surface area is 221 Å². The number of aliphatic carboxylic acids is 1. The Bertz CT molecular complexity index is 1010. The van der Waals surface area contributed by atoms with Crippen LogP contribution in [0.1, 0.15) is 38.2 Å². The molecule has 2 aliphatic rings. The molecule has 4 rings (SSSR count). The molecule has 0 aromatic heterocycles. The highest BCUT2D eigenvalue weighted by molar-refractivity contribution is 7.99. The predicted molar refractivity (Wildman–Crippen MR) is 141 cm³/mol. The Morgan fingerprint density at radius 3 is 2.16 bits per heavy atom. The number of para-hydroxylation sites is 1. The quantitative estimate of drug-likeness (QED) is 0.432. The average molecular weight is 540 g/mol. The number of alkyl halides is 3. The van der Waals surface area contributed by atoms with Crippen LogP contribution in [-0.4, -0.2) is 78.4 Å². The monoisotopic (exact) mass is 539 g/mol. The van der Waals surface area contributed by atoms with Crippen LogP contribution in [0, 0.1) is 0 Å². The van der Waals surface area contributed by atoms with Crippen LogP contribution in [0.2, 0.25) is 0 Å². The zero-order chi connectivity index (χ0) is 26.8. The van der Waals surface area contributed by atoms with Crippen LogP contribution in [0.3, 0.4) is 0 Å². The van der Waals surface area contributed by atoms with E-state index in [-0.39, 0.29) is 6.61 Å². The number of hydrogen-bond acceptors (Lipinski definition) is 6. The molecule has 0 unspecified atom stereocenters. The van der Waals surface area contributed by atoms with E-state index < -0.39 is 17.7 Å². The number of aliphatic hydroxyl groups excluding tert-OH is 1. The second-order valence-electron chi connectivity index (χ2n) is 9.16. The van der Waals surface area contributed by atoms with Gasteiger partial charge in [0.2, 0.25) is 0 Å². The maximum Gasteiger partial charge on any atom is 0.416 e. The molecule has 0 bridgehead atoms. The molecule has 0 atom stereocenters. The van der Waals surface area contributed by atoms with Crippen LogP contribution in [0.15, 0.2) is 52.3 Å². The van der Waals surface area contributed by atoms with Crippen LogP contribution in [0.5, 0.6) is 0 Å². The molecule has 0 amide bonds. The first-order valence-electron chi connectivity index (χ1n) is 12.8. The lowest BCUT2D eigenvalue weighted by atomic mass is 10.1. The number of aliphatic hydroxyl groups is 1. The normalized spacial score (nSPS) is 16.0. The lowest BCUT2D eigenvalue weighted by Crippen LogP contribution is -2.47. The molecule has 2 heterocycles. The average Bonchev–Trinajstić information content (AvgIpc) is 2.87. The van der Waals surface area contributed by atoms with Gasteiger partial charge in [-0.15, -0.1) is 0 Å². The lowest BCUT2D eigenvalue weighted by molar-refractivity contribution is -0.138. The van der Waals surface area contributed by atoms with Gasteiger partial charge in [0.25, 0.3) is 0 Å².